The fraction of sp³-hybridized carbons (Fsp3) is 0.348. The molecule has 0 spiro atoms. The smallest absolute Gasteiger partial charge is 0.275 e. The van der Waals surface area contributed by atoms with Crippen LogP contribution < -0.4 is 5.43 Å². The van der Waals surface area contributed by atoms with Crippen molar-refractivity contribution in [2.45, 2.75) is 38.9 Å². The molecule has 1 aliphatic heterocycles. The summed E-state index contributed by atoms with van der Waals surface area (Å²) < 4.78 is 28.6. The Morgan fingerprint density at radius 2 is 1.97 bits per heavy atom. The van der Waals surface area contributed by atoms with Crippen LogP contribution >= 0.6 is 11.3 Å². The summed E-state index contributed by atoms with van der Waals surface area (Å²) in [6.07, 6.45) is 1.41. The SMILES string of the molecule is CC(C)N1C(=O)c2c(O)c(=O)c(-c3nnc(Cc4ccc(F)cc4F)s3)cn2CC1C(=O)N(C)C. The minimum Gasteiger partial charge on any atom is -0.503 e. The molecular formula is C23H23F2N5O4S. The quantitative estimate of drug-likeness (QED) is 0.572. The average Bonchev–Trinajstić information content (AvgIpc) is 3.25. The zero-order chi connectivity index (χ0) is 25.6. The molecule has 0 fully saturated rings. The van der Waals surface area contributed by atoms with Crippen molar-refractivity contribution in [1.82, 2.24) is 24.6 Å². The van der Waals surface area contributed by atoms with Crippen molar-refractivity contribution in [1.29, 1.82) is 0 Å². The molecule has 0 saturated carbocycles. The van der Waals surface area contributed by atoms with Crippen LogP contribution in [0.1, 0.15) is 34.9 Å². The monoisotopic (exact) mass is 503 g/mol. The van der Waals surface area contributed by atoms with Gasteiger partial charge in [-0.05, 0) is 25.5 Å². The molecule has 12 heteroatoms. The van der Waals surface area contributed by atoms with E-state index < -0.39 is 34.8 Å². The van der Waals surface area contributed by atoms with Crippen molar-refractivity contribution < 1.29 is 23.5 Å². The van der Waals surface area contributed by atoms with Crippen LogP contribution in [0.15, 0.2) is 29.2 Å². The van der Waals surface area contributed by atoms with E-state index in [0.29, 0.717) is 5.01 Å². The molecule has 1 aromatic carbocycles. The van der Waals surface area contributed by atoms with E-state index in [-0.39, 0.29) is 46.7 Å². The largest absolute Gasteiger partial charge is 0.503 e. The zero-order valence-electron chi connectivity index (χ0n) is 19.5. The van der Waals surface area contributed by atoms with Crippen molar-refractivity contribution in [3.8, 4) is 16.3 Å². The number of benzene rings is 1. The van der Waals surface area contributed by atoms with Crippen LogP contribution in [0.3, 0.4) is 0 Å². The number of fused-ring (bicyclic) bond motifs is 1. The lowest BCUT2D eigenvalue weighted by Gasteiger charge is -2.40. The van der Waals surface area contributed by atoms with Gasteiger partial charge in [0, 0.05) is 38.8 Å². The van der Waals surface area contributed by atoms with Gasteiger partial charge in [0.15, 0.2) is 16.5 Å². The first-order valence-corrected chi connectivity index (χ1v) is 11.6. The van der Waals surface area contributed by atoms with Gasteiger partial charge in [-0.3, -0.25) is 14.4 Å². The number of aromatic nitrogens is 3. The third kappa shape index (κ3) is 4.41. The summed E-state index contributed by atoms with van der Waals surface area (Å²) in [6.45, 7) is 3.53. The molecule has 35 heavy (non-hydrogen) atoms. The number of hydrogen-bond acceptors (Lipinski definition) is 7. The van der Waals surface area contributed by atoms with Crippen LogP contribution in [0.25, 0.3) is 10.6 Å². The fourth-order valence-corrected chi connectivity index (χ4v) is 4.93. The van der Waals surface area contributed by atoms with Crippen molar-refractivity contribution in [2.24, 2.45) is 0 Å². The van der Waals surface area contributed by atoms with Gasteiger partial charge in [0.2, 0.25) is 11.3 Å². The highest BCUT2D eigenvalue weighted by molar-refractivity contribution is 7.14. The number of rotatable bonds is 5. The number of amides is 2. The summed E-state index contributed by atoms with van der Waals surface area (Å²) in [6, 6.07) is 2.04. The first-order chi connectivity index (χ1) is 16.5. The number of likely N-dealkylation sites (N-methyl/N-ethyl adjacent to an activating group) is 1. The second-order valence-corrected chi connectivity index (χ2v) is 9.75. The molecule has 0 bridgehead atoms. The molecule has 3 heterocycles. The third-order valence-corrected chi connectivity index (χ3v) is 6.69. The summed E-state index contributed by atoms with van der Waals surface area (Å²) in [4.78, 5) is 41.8. The molecule has 2 amide bonds. The van der Waals surface area contributed by atoms with Gasteiger partial charge in [-0.15, -0.1) is 10.2 Å². The fourth-order valence-electron chi connectivity index (χ4n) is 4.06. The molecule has 0 saturated heterocycles. The number of carbonyl (C=O) groups excluding carboxylic acids is 2. The van der Waals surface area contributed by atoms with Gasteiger partial charge in [-0.25, -0.2) is 8.78 Å². The van der Waals surface area contributed by atoms with Crippen molar-refractivity contribution in [3.05, 3.63) is 62.5 Å². The molecule has 2 aromatic heterocycles. The summed E-state index contributed by atoms with van der Waals surface area (Å²) in [5, 5.41) is 19.2. The Morgan fingerprint density at radius 3 is 2.60 bits per heavy atom. The molecule has 1 unspecified atom stereocenters. The molecule has 3 aromatic rings. The van der Waals surface area contributed by atoms with Gasteiger partial charge in [0.05, 0.1) is 12.1 Å². The van der Waals surface area contributed by atoms with E-state index in [1.54, 1.807) is 27.9 Å². The van der Waals surface area contributed by atoms with Crippen LogP contribution in [0.4, 0.5) is 8.78 Å². The number of carbonyl (C=O) groups is 2. The third-order valence-electron chi connectivity index (χ3n) is 5.73. The first kappa shape index (κ1) is 24.5. The molecule has 1 N–H and O–H groups in total. The summed E-state index contributed by atoms with van der Waals surface area (Å²) in [7, 11) is 3.17. The second kappa shape index (κ2) is 9.17. The Balaban J connectivity index is 1.74. The molecule has 1 atom stereocenters. The Morgan fingerprint density at radius 1 is 1.26 bits per heavy atom. The van der Waals surface area contributed by atoms with E-state index in [1.165, 1.54) is 26.6 Å². The van der Waals surface area contributed by atoms with E-state index >= 15 is 0 Å². The Bertz CT molecular complexity index is 1380. The molecule has 1 aliphatic rings. The average molecular weight is 504 g/mol. The molecule has 184 valence electrons. The lowest BCUT2D eigenvalue weighted by molar-refractivity contribution is -0.135. The highest BCUT2D eigenvalue weighted by atomic mass is 32.1. The van der Waals surface area contributed by atoms with Gasteiger partial charge in [-0.2, -0.15) is 0 Å². The highest BCUT2D eigenvalue weighted by Gasteiger charge is 2.41. The van der Waals surface area contributed by atoms with Crippen LogP contribution in [0.5, 0.6) is 5.75 Å². The van der Waals surface area contributed by atoms with Crippen LogP contribution in [0.2, 0.25) is 0 Å². The second-order valence-electron chi connectivity index (χ2n) is 8.69. The molecule has 0 aliphatic carbocycles. The maximum Gasteiger partial charge on any atom is 0.275 e. The minimum atomic E-state index is -0.828. The number of pyridine rings is 1. The van der Waals surface area contributed by atoms with Gasteiger partial charge < -0.3 is 19.5 Å². The minimum absolute atomic E-state index is 0.00331. The van der Waals surface area contributed by atoms with E-state index in [4.69, 9.17) is 0 Å². The Kier molecular flexibility index (Phi) is 6.41. The number of nitrogens with zero attached hydrogens (tertiary/aromatic N) is 5. The summed E-state index contributed by atoms with van der Waals surface area (Å²) in [5.74, 6) is -3.08. The lowest BCUT2D eigenvalue weighted by atomic mass is 10.0. The van der Waals surface area contributed by atoms with Crippen molar-refractivity contribution >= 4 is 23.2 Å². The summed E-state index contributed by atoms with van der Waals surface area (Å²) in [5.41, 5.74) is -0.797. The first-order valence-electron chi connectivity index (χ1n) is 10.8. The van der Waals surface area contributed by atoms with Crippen LogP contribution in [-0.4, -0.2) is 67.7 Å². The Hall–Kier alpha value is -3.67. The molecule has 9 nitrogen and oxygen atoms in total. The van der Waals surface area contributed by atoms with Crippen LogP contribution in [0, 0.1) is 11.6 Å². The highest BCUT2D eigenvalue weighted by Crippen LogP contribution is 2.30. The standard InChI is InChI=1S/C23H23F2N5O4S/c1-11(2)30-16(22(33)28(3)4)10-29-9-14(19(31)20(32)18(29)23(30)34)21-27-26-17(35-21)7-12-5-6-13(24)8-15(12)25/h5-6,8-9,11,16,32H,7,10H2,1-4H3. The van der Waals surface area contributed by atoms with Gasteiger partial charge >= 0.3 is 0 Å². The molecule has 4 rings (SSSR count). The molecular weight excluding hydrogens is 480 g/mol. The predicted molar refractivity (Wildman–Crippen MR) is 124 cm³/mol. The topological polar surface area (TPSA) is 109 Å². The Labute approximate surface area is 203 Å². The van der Waals surface area contributed by atoms with Gasteiger partial charge in [-0.1, -0.05) is 17.4 Å². The molecule has 0 radical (unpaired) electrons. The van der Waals surface area contributed by atoms with Gasteiger partial charge in [0.25, 0.3) is 5.91 Å². The summed E-state index contributed by atoms with van der Waals surface area (Å²) >= 11 is 1.01. The zero-order valence-corrected chi connectivity index (χ0v) is 20.3. The van der Waals surface area contributed by atoms with Crippen LogP contribution in [-0.2, 0) is 17.8 Å². The lowest BCUT2D eigenvalue weighted by Crippen LogP contribution is -2.57. The van der Waals surface area contributed by atoms with E-state index in [9.17, 15) is 28.3 Å². The maximum atomic E-state index is 14.0. The van der Waals surface area contributed by atoms with E-state index in [2.05, 4.69) is 10.2 Å². The number of hydrogen-bond donors (Lipinski definition) is 1. The predicted octanol–water partition coefficient (Wildman–Crippen LogP) is 2.26. The van der Waals surface area contributed by atoms with E-state index in [0.717, 1.165) is 23.5 Å². The maximum absolute atomic E-state index is 14.0. The number of halogens is 2. The van der Waals surface area contributed by atoms with Gasteiger partial charge in [0.1, 0.15) is 22.7 Å². The van der Waals surface area contributed by atoms with Crippen molar-refractivity contribution in [2.75, 3.05) is 14.1 Å². The normalized spacial score (nSPS) is 15.5. The van der Waals surface area contributed by atoms with E-state index in [1.807, 2.05) is 0 Å². The van der Waals surface area contributed by atoms with Crippen molar-refractivity contribution in [3.63, 3.8) is 0 Å². The number of aromatic hydroxyl groups is 1.